The molecule has 1 fully saturated rings. The first-order valence-corrected chi connectivity index (χ1v) is 10.3. The van der Waals surface area contributed by atoms with Crippen molar-refractivity contribution in [2.75, 3.05) is 6.54 Å². The van der Waals surface area contributed by atoms with E-state index in [9.17, 15) is 9.59 Å². The van der Waals surface area contributed by atoms with Gasteiger partial charge in [0.25, 0.3) is 5.91 Å². The number of nitrogens with one attached hydrogen (secondary N) is 2. The van der Waals surface area contributed by atoms with Crippen molar-refractivity contribution < 1.29 is 14.3 Å². The average Bonchev–Trinajstić information content (AvgIpc) is 2.86. The standard InChI is InChI=1S/C23H27N3O3.ClH/c1-16-4-6-20-19(13-16)22(28)25-15-23(29-20)10-8-18(9-11-23)26-21(27)7-5-17-3-2-12-24-14-17;/h2-4,6,12-14,18H,5,7-11,15H2,1H3,(H,25,28)(H,26,27);1H. The van der Waals surface area contributed by atoms with E-state index in [1.165, 1.54) is 0 Å². The third kappa shape index (κ3) is 5.11. The van der Waals surface area contributed by atoms with Gasteiger partial charge in [-0.2, -0.15) is 0 Å². The van der Waals surface area contributed by atoms with E-state index < -0.39 is 5.60 Å². The molecule has 7 heteroatoms. The molecule has 1 spiro atoms. The van der Waals surface area contributed by atoms with Gasteiger partial charge in [-0.3, -0.25) is 14.6 Å². The number of halogens is 1. The molecule has 30 heavy (non-hydrogen) atoms. The fraction of sp³-hybridized carbons (Fsp3) is 0.435. The Morgan fingerprint density at radius 2 is 2.10 bits per heavy atom. The Labute approximate surface area is 183 Å². The Kier molecular flexibility index (Phi) is 6.98. The summed E-state index contributed by atoms with van der Waals surface area (Å²) in [6.07, 6.45) is 7.98. The number of hydrogen-bond donors (Lipinski definition) is 2. The largest absolute Gasteiger partial charge is 0.485 e. The lowest BCUT2D eigenvalue weighted by molar-refractivity contribution is -0.122. The maximum absolute atomic E-state index is 12.4. The minimum absolute atomic E-state index is 0. The van der Waals surface area contributed by atoms with Crippen LogP contribution in [0.4, 0.5) is 0 Å². The van der Waals surface area contributed by atoms with Crippen molar-refractivity contribution in [3.8, 4) is 5.75 Å². The Hall–Kier alpha value is -2.60. The van der Waals surface area contributed by atoms with E-state index in [-0.39, 0.29) is 30.3 Å². The number of aromatic nitrogens is 1. The molecular weight excluding hydrogens is 402 g/mol. The summed E-state index contributed by atoms with van der Waals surface area (Å²) in [6, 6.07) is 9.77. The first-order chi connectivity index (χ1) is 14.0. The molecule has 2 N–H and O–H groups in total. The summed E-state index contributed by atoms with van der Waals surface area (Å²) in [5, 5.41) is 6.19. The van der Waals surface area contributed by atoms with Crippen molar-refractivity contribution >= 4 is 24.2 Å². The van der Waals surface area contributed by atoms with Crippen LogP contribution >= 0.6 is 12.4 Å². The summed E-state index contributed by atoms with van der Waals surface area (Å²) in [6.45, 7) is 2.47. The van der Waals surface area contributed by atoms with Crippen LogP contribution in [0.1, 0.15) is 53.6 Å². The summed E-state index contributed by atoms with van der Waals surface area (Å²) in [5.74, 6) is 0.654. The van der Waals surface area contributed by atoms with Gasteiger partial charge in [-0.25, -0.2) is 0 Å². The maximum Gasteiger partial charge on any atom is 0.255 e. The monoisotopic (exact) mass is 429 g/mol. The molecule has 0 unspecified atom stereocenters. The third-order valence-corrected chi connectivity index (χ3v) is 5.90. The summed E-state index contributed by atoms with van der Waals surface area (Å²) in [4.78, 5) is 28.8. The molecule has 2 aliphatic rings. The lowest BCUT2D eigenvalue weighted by Gasteiger charge is -2.39. The molecule has 0 bridgehead atoms. The molecule has 160 valence electrons. The van der Waals surface area contributed by atoms with Crippen LogP contribution in [0, 0.1) is 6.92 Å². The van der Waals surface area contributed by atoms with Crippen molar-refractivity contribution in [1.29, 1.82) is 0 Å². The summed E-state index contributed by atoms with van der Waals surface area (Å²) in [5.41, 5.74) is 2.32. The number of rotatable bonds is 4. The van der Waals surface area contributed by atoms with E-state index in [4.69, 9.17) is 4.74 Å². The second kappa shape index (κ2) is 9.47. The van der Waals surface area contributed by atoms with Gasteiger partial charge in [0.1, 0.15) is 11.4 Å². The molecule has 0 saturated heterocycles. The Morgan fingerprint density at radius 1 is 1.30 bits per heavy atom. The number of carbonyl (C=O) groups excluding carboxylic acids is 2. The number of fused-ring (bicyclic) bond motifs is 1. The molecular formula is C23H28ClN3O3. The van der Waals surface area contributed by atoms with Crippen molar-refractivity contribution in [3.05, 3.63) is 59.4 Å². The van der Waals surface area contributed by atoms with Crippen molar-refractivity contribution in [2.24, 2.45) is 0 Å². The van der Waals surface area contributed by atoms with Gasteiger partial charge in [0.05, 0.1) is 12.1 Å². The lowest BCUT2D eigenvalue weighted by atomic mass is 9.81. The van der Waals surface area contributed by atoms with Crippen LogP contribution in [0.25, 0.3) is 0 Å². The molecule has 2 aromatic rings. The number of amides is 2. The predicted molar refractivity (Wildman–Crippen MR) is 117 cm³/mol. The fourth-order valence-electron chi connectivity index (χ4n) is 4.19. The summed E-state index contributed by atoms with van der Waals surface area (Å²) < 4.78 is 6.37. The van der Waals surface area contributed by atoms with Gasteiger partial charge in [-0.15, -0.1) is 12.4 Å². The number of nitrogens with zero attached hydrogens (tertiary/aromatic N) is 1. The minimum Gasteiger partial charge on any atom is -0.485 e. The number of aryl methyl sites for hydroxylation is 2. The van der Waals surface area contributed by atoms with E-state index in [0.29, 0.717) is 30.7 Å². The zero-order valence-electron chi connectivity index (χ0n) is 17.1. The number of pyridine rings is 1. The molecule has 1 aliphatic heterocycles. The van der Waals surface area contributed by atoms with Crippen LogP contribution in [-0.4, -0.2) is 35.0 Å². The number of ether oxygens (including phenoxy) is 1. The molecule has 1 aromatic carbocycles. The highest BCUT2D eigenvalue weighted by molar-refractivity contribution is 5.97. The molecule has 4 rings (SSSR count). The van der Waals surface area contributed by atoms with E-state index in [0.717, 1.165) is 36.8 Å². The molecule has 0 atom stereocenters. The Balaban J connectivity index is 0.00000256. The van der Waals surface area contributed by atoms with Gasteiger partial charge in [-0.05, 0) is 62.8 Å². The Morgan fingerprint density at radius 3 is 2.83 bits per heavy atom. The molecule has 2 heterocycles. The minimum atomic E-state index is -0.396. The number of hydrogen-bond acceptors (Lipinski definition) is 4. The fourth-order valence-corrected chi connectivity index (χ4v) is 4.19. The van der Waals surface area contributed by atoms with Gasteiger partial charge >= 0.3 is 0 Å². The van der Waals surface area contributed by atoms with Gasteiger partial charge in [0, 0.05) is 24.9 Å². The van der Waals surface area contributed by atoms with Gasteiger partial charge in [0.15, 0.2) is 0 Å². The highest BCUT2D eigenvalue weighted by Crippen LogP contribution is 2.36. The summed E-state index contributed by atoms with van der Waals surface area (Å²) in [7, 11) is 0. The zero-order chi connectivity index (χ0) is 20.3. The normalized spacial score (nSPS) is 22.7. The highest BCUT2D eigenvalue weighted by Gasteiger charge is 2.40. The highest BCUT2D eigenvalue weighted by atomic mass is 35.5. The second-order valence-electron chi connectivity index (χ2n) is 8.17. The van der Waals surface area contributed by atoms with Crippen molar-refractivity contribution in [3.63, 3.8) is 0 Å². The van der Waals surface area contributed by atoms with Crippen LogP contribution in [0.3, 0.4) is 0 Å². The molecule has 2 amide bonds. The first-order valence-electron chi connectivity index (χ1n) is 10.3. The predicted octanol–water partition coefficient (Wildman–Crippen LogP) is 3.36. The molecule has 0 radical (unpaired) electrons. The first kappa shape index (κ1) is 22.1. The maximum atomic E-state index is 12.4. The van der Waals surface area contributed by atoms with E-state index in [1.807, 2.05) is 37.3 Å². The smallest absolute Gasteiger partial charge is 0.255 e. The van der Waals surface area contributed by atoms with Crippen LogP contribution in [0.2, 0.25) is 0 Å². The average molecular weight is 430 g/mol. The van der Waals surface area contributed by atoms with Crippen LogP contribution in [-0.2, 0) is 11.2 Å². The van der Waals surface area contributed by atoms with Gasteiger partial charge < -0.3 is 15.4 Å². The molecule has 6 nitrogen and oxygen atoms in total. The van der Waals surface area contributed by atoms with E-state index in [2.05, 4.69) is 15.6 Å². The Bertz CT molecular complexity index is 896. The third-order valence-electron chi connectivity index (χ3n) is 5.90. The SMILES string of the molecule is Cc1ccc2c(c1)C(=O)NCC1(CCC(NC(=O)CCc3cccnc3)CC1)O2.Cl. The van der Waals surface area contributed by atoms with E-state index in [1.54, 1.807) is 12.4 Å². The van der Waals surface area contributed by atoms with Crippen LogP contribution in [0.15, 0.2) is 42.7 Å². The van der Waals surface area contributed by atoms with Crippen LogP contribution in [0.5, 0.6) is 5.75 Å². The topological polar surface area (TPSA) is 80.3 Å². The molecule has 1 aromatic heterocycles. The molecule has 1 aliphatic carbocycles. The lowest BCUT2D eigenvalue weighted by Crippen LogP contribution is -2.51. The van der Waals surface area contributed by atoms with Gasteiger partial charge in [0.2, 0.25) is 5.91 Å². The number of carbonyl (C=O) groups is 2. The van der Waals surface area contributed by atoms with Gasteiger partial charge in [-0.1, -0.05) is 17.7 Å². The van der Waals surface area contributed by atoms with Crippen LogP contribution < -0.4 is 15.4 Å². The van der Waals surface area contributed by atoms with Crippen molar-refractivity contribution in [2.45, 2.75) is 57.1 Å². The van der Waals surface area contributed by atoms with E-state index >= 15 is 0 Å². The second-order valence-corrected chi connectivity index (χ2v) is 8.17. The molecule has 1 saturated carbocycles. The zero-order valence-corrected chi connectivity index (χ0v) is 18.0. The quantitative estimate of drug-likeness (QED) is 0.780. The summed E-state index contributed by atoms with van der Waals surface area (Å²) >= 11 is 0. The van der Waals surface area contributed by atoms with Crippen molar-refractivity contribution in [1.82, 2.24) is 15.6 Å². The number of benzene rings is 1.